The highest BCUT2D eigenvalue weighted by Gasteiger charge is 2.19. The summed E-state index contributed by atoms with van der Waals surface area (Å²) in [4.78, 5) is 0. The van der Waals surface area contributed by atoms with Gasteiger partial charge in [-0.05, 0) is 41.5 Å². The maximum Gasteiger partial charge on any atom is 0.153 e. The van der Waals surface area contributed by atoms with Crippen molar-refractivity contribution in [1.82, 2.24) is 20.7 Å². The van der Waals surface area contributed by atoms with Gasteiger partial charge in [0.1, 0.15) is 5.82 Å². The lowest BCUT2D eigenvalue weighted by molar-refractivity contribution is 0.339. The molecule has 17 heavy (non-hydrogen) atoms. The summed E-state index contributed by atoms with van der Waals surface area (Å²) in [6.45, 7) is 12.5. The minimum absolute atomic E-state index is 0.0409. The van der Waals surface area contributed by atoms with Gasteiger partial charge in [-0.1, -0.05) is 0 Å². The molecular weight excluding hydrogens is 238 g/mol. The normalized spacial score (nSPS) is 17.0. The summed E-state index contributed by atoms with van der Waals surface area (Å²) in [5, 5.41) is 10.7. The van der Waals surface area contributed by atoms with Gasteiger partial charge in [-0.2, -0.15) is 0 Å². The number of hydrazine groups is 1. The Morgan fingerprint density at radius 2 is 1.65 bits per heavy atom. The Labute approximate surface area is 108 Å². The van der Waals surface area contributed by atoms with E-state index in [0.717, 1.165) is 11.7 Å². The second-order valence-corrected chi connectivity index (χ2v) is 6.49. The van der Waals surface area contributed by atoms with Crippen LogP contribution in [0.2, 0.25) is 0 Å². The molecular formula is C11H22ClN5. The zero-order valence-electron chi connectivity index (χ0n) is 11.3. The molecule has 1 aliphatic heterocycles. The minimum atomic E-state index is -0.0583. The maximum absolute atomic E-state index is 5.88. The van der Waals surface area contributed by atoms with Crippen molar-refractivity contribution in [2.45, 2.75) is 52.6 Å². The predicted molar refractivity (Wildman–Crippen MR) is 72.1 cm³/mol. The average molecular weight is 260 g/mol. The van der Waals surface area contributed by atoms with Crippen LogP contribution >= 0.6 is 11.8 Å². The molecule has 1 aliphatic rings. The lowest BCUT2D eigenvalue weighted by atomic mass is 10.1. The number of hydrogen-bond donors (Lipinski definition) is 3. The molecule has 6 heteroatoms. The largest absolute Gasteiger partial charge is 0.366 e. The zero-order valence-corrected chi connectivity index (χ0v) is 12.1. The molecule has 0 amide bonds. The van der Waals surface area contributed by atoms with Crippen molar-refractivity contribution in [3.8, 4) is 0 Å². The second-order valence-electron chi connectivity index (χ2n) is 6.17. The molecule has 0 aromatic heterocycles. The van der Waals surface area contributed by atoms with Crippen molar-refractivity contribution >= 4 is 17.6 Å². The van der Waals surface area contributed by atoms with Crippen LogP contribution in [0.25, 0.3) is 0 Å². The van der Waals surface area contributed by atoms with E-state index in [9.17, 15) is 0 Å². The number of hydrogen-bond acceptors (Lipinski definition) is 5. The van der Waals surface area contributed by atoms with E-state index in [1.165, 1.54) is 4.64 Å². The molecule has 0 saturated heterocycles. The number of nitrogens with zero attached hydrogens (tertiary/aromatic N) is 2. The van der Waals surface area contributed by atoms with E-state index in [1.807, 2.05) is 6.08 Å². The number of nitrogens with one attached hydrogen (secondary N) is 3. The fraction of sp³-hybridized carbons (Fsp3) is 0.727. The van der Waals surface area contributed by atoms with Crippen LogP contribution in [0.5, 0.6) is 0 Å². The summed E-state index contributed by atoms with van der Waals surface area (Å²) in [7, 11) is 0. The van der Waals surface area contributed by atoms with Crippen LogP contribution < -0.4 is 16.1 Å². The van der Waals surface area contributed by atoms with Gasteiger partial charge in [-0.15, -0.1) is 9.74 Å². The Morgan fingerprint density at radius 1 is 1.12 bits per heavy atom. The van der Waals surface area contributed by atoms with Crippen LogP contribution in [0.3, 0.4) is 0 Å². The molecule has 0 spiro atoms. The first kappa shape index (κ1) is 14.0. The van der Waals surface area contributed by atoms with Gasteiger partial charge in [0.2, 0.25) is 0 Å². The van der Waals surface area contributed by atoms with E-state index >= 15 is 0 Å². The van der Waals surface area contributed by atoms with Crippen LogP contribution in [0.15, 0.2) is 17.0 Å². The summed E-state index contributed by atoms with van der Waals surface area (Å²) in [5.74, 6) is 1.53. The number of amidine groups is 1. The predicted octanol–water partition coefficient (Wildman–Crippen LogP) is 1.89. The highest BCUT2D eigenvalue weighted by atomic mass is 35.5. The van der Waals surface area contributed by atoms with Gasteiger partial charge in [0, 0.05) is 17.2 Å². The minimum Gasteiger partial charge on any atom is -0.366 e. The Kier molecular flexibility index (Phi) is 3.81. The molecule has 0 fully saturated rings. The van der Waals surface area contributed by atoms with Crippen LogP contribution in [-0.4, -0.2) is 21.6 Å². The Bertz CT molecular complexity index is 335. The maximum atomic E-state index is 5.88. The molecule has 0 aromatic rings. The summed E-state index contributed by atoms with van der Waals surface area (Å²) in [6.07, 6.45) is 1.90. The molecule has 5 nitrogen and oxygen atoms in total. The molecule has 1 rings (SSSR count). The van der Waals surface area contributed by atoms with Crippen LogP contribution in [-0.2, 0) is 0 Å². The van der Waals surface area contributed by atoms with Gasteiger partial charge in [0.05, 0.1) is 11.8 Å². The van der Waals surface area contributed by atoms with Crippen molar-refractivity contribution in [2.75, 3.05) is 0 Å². The third-order valence-corrected chi connectivity index (χ3v) is 1.86. The average Bonchev–Trinajstić information content (AvgIpc) is 1.93. The summed E-state index contributed by atoms with van der Waals surface area (Å²) >= 11 is 5.88. The fourth-order valence-corrected chi connectivity index (χ4v) is 1.50. The molecule has 0 unspecified atom stereocenters. The number of hydrazone groups is 1. The number of rotatable bonds is 1. The molecule has 0 aliphatic carbocycles. The van der Waals surface area contributed by atoms with Crippen LogP contribution in [0.4, 0.5) is 0 Å². The first-order valence-corrected chi connectivity index (χ1v) is 5.98. The monoisotopic (exact) mass is 259 g/mol. The van der Waals surface area contributed by atoms with Crippen molar-refractivity contribution < 1.29 is 0 Å². The highest BCUT2D eigenvalue weighted by molar-refractivity contribution is 6.14. The van der Waals surface area contributed by atoms with Crippen molar-refractivity contribution in [3.05, 3.63) is 11.9 Å². The smallest absolute Gasteiger partial charge is 0.153 e. The van der Waals surface area contributed by atoms with Crippen molar-refractivity contribution in [2.24, 2.45) is 5.10 Å². The van der Waals surface area contributed by atoms with Gasteiger partial charge < -0.3 is 10.6 Å². The molecule has 3 N–H and O–H groups in total. The third-order valence-electron chi connectivity index (χ3n) is 1.70. The van der Waals surface area contributed by atoms with Gasteiger partial charge in [0.15, 0.2) is 5.84 Å². The van der Waals surface area contributed by atoms with E-state index in [0.29, 0.717) is 0 Å². The summed E-state index contributed by atoms with van der Waals surface area (Å²) in [6, 6.07) is 0. The van der Waals surface area contributed by atoms with E-state index in [1.54, 1.807) is 0 Å². The van der Waals surface area contributed by atoms with Gasteiger partial charge in [-0.25, -0.2) is 0 Å². The molecule has 0 atom stereocenters. The number of halogens is 1. The molecule has 1 heterocycles. The lowest BCUT2D eigenvalue weighted by Crippen LogP contribution is -2.48. The Morgan fingerprint density at radius 3 is 2.12 bits per heavy atom. The van der Waals surface area contributed by atoms with Crippen molar-refractivity contribution in [1.29, 1.82) is 0 Å². The van der Waals surface area contributed by atoms with E-state index in [-0.39, 0.29) is 11.1 Å². The van der Waals surface area contributed by atoms with Gasteiger partial charge in [0.25, 0.3) is 0 Å². The SMILES string of the molecule is CC(C)(C)NC1=CC(NC(C)(C)C)=NN(Cl)N1. The quantitative estimate of drug-likeness (QED) is 0.630. The standard InChI is InChI=1S/C11H22ClN5/c1-10(2,3)13-8-7-9(14-11(4,5)6)16-17(12)15-8/h7,13,15H,1-6H3,(H,14,16). The van der Waals surface area contributed by atoms with Crippen LogP contribution in [0.1, 0.15) is 41.5 Å². The molecule has 98 valence electrons. The second kappa shape index (κ2) is 4.64. The molecule has 0 radical (unpaired) electrons. The topological polar surface area (TPSA) is 51.7 Å². The van der Waals surface area contributed by atoms with Crippen LogP contribution in [0, 0.1) is 0 Å². The molecule has 0 aromatic carbocycles. The van der Waals surface area contributed by atoms with E-state index in [2.05, 4.69) is 62.7 Å². The van der Waals surface area contributed by atoms with Gasteiger partial charge in [-0.3, -0.25) is 5.43 Å². The third kappa shape index (κ3) is 5.68. The fourth-order valence-electron chi connectivity index (χ4n) is 1.33. The Hall–Kier alpha value is -1.10. The first-order chi connectivity index (χ1) is 7.55. The highest BCUT2D eigenvalue weighted by Crippen LogP contribution is 2.09. The zero-order chi connectivity index (χ0) is 13.3. The van der Waals surface area contributed by atoms with E-state index < -0.39 is 0 Å². The molecule has 0 bridgehead atoms. The summed E-state index contributed by atoms with van der Waals surface area (Å²) < 4.78 is 1.17. The molecule has 0 saturated carbocycles. The Balaban J connectivity index is 2.78. The summed E-state index contributed by atoms with van der Waals surface area (Å²) in [5.41, 5.74) is 2.81. The van der Waals surface area contributed by atoms with E-state index in [4.69, 9.17) is 11.8 Å². The first-order valence-electron chi connectivity index (χ1n) is 5.64. The van der Waals surface area contributed by atoms with Crippen molar-refractivity contribution in [3.63, 3.8) is 0 Å². The van der Waals surface area contributed by atoms with Gasteiger partial charge >= 0.3 is 0 Å². The lowest BCUT2D eigenvalue weighted by Gasteiger charge is -2.30.